The molecule has 0 saturated heterocycles. The number of halogens is 4. The zero-order chi connectivity index (χ0) is 20.9. The van der Waals surface area contributed by atoms with Gasteiger partial charge in [-0.2, -0.15) is 15.2 Å². The predicted molar refractivity (Wildman–Crippen MR) is 104 cm³/mol. The average molecular weight is 702 g/mol. The molecular formula is C20H17Cl2F2LrN3O2. The molecule has 0 unspecified atom stereocenters. The van der Waals surface area contributed by atoms with E-state index in [0.717, 1.165) is 6.61 Å². The summed E-state index contributed by atoms with van der Waals surface area (Å²) in [6.07, 6.45) is 1.04. The molecule has 10 heteroatoms. The van der Waals surface area contributed by atoms with Crippen LogP contribution in [0, 0.1) is 6.61 Å². The second kappa shape index (κ2) is 7.55. The van der Waals surface area contributed by atoms with E-state index in [2.05, 4.69) is 5.10 Å². The molecule has 167 valence electrons. The first kappa shape index (κ1) is 21.5. The number of hydrogen-bond donors (Lipinski definition) is 1. The van der Waals surface area contributed by atoms with Crippen LogP contribution in [-0.2, 0) is 25.4 Å². The minimum Gasteiger partial charge on any atom is -0.457 e. The van der Waals surface area contributed by atoms with Crippen molar-refractivity contribution in [1.29, 1.82) is 0 Å². The van der Waals surface area contributed by atoms with Gasteiger partial charge in [0.05, 0.1) is 33.3 Å². The third-order valence-corrected chi connectivity index (χ3v) is 5.95. The van der Waals surface area contributed by atoms with Gasteiger partial charge >= 0.3 is 5.91 Å². The predicted octanol–water partition coefficient (Wildman–Crippen LogP) is 4.52. The maximum Gasteiger partial charge on any atom is 0.419 e. The summed E-state index contributed by atoms with van der Waals surface area (Å²) in [6, 6.07) is 4.55. The number of rotatable bonds is 2. The summed E-state index contributed by atoms with van der Waals surface area (Å²) in [5, 5.41) is 14.2. The number of fused-ring (bicyclic) bond motifs is 3. The summed E-state index contributed by atoms with van der Waals surface area (Å²) >= 11 is 11.9. The number of aromatic nitrogens is 2. The van der Waals surface area contributed by atoms with Gasteiger partial charge < -0.3 is 5.11 Å². The number of carbonyl (C=O) groups is 1. The van der Waals surface area contributed by atoms with Crippen LogP contribution in [0.2, 0.25) is 10.0 Å². The van der Waals surface area contributed by atoms with Crippen molar-refractivity contribution in [2.24, 2.45) is 0 Å². The van der Waals surface area contributed by atoms with Crippen molar-refractivity contribution in [3.8, 4) is 0 Å². The Morgan fingerprint density at radius 1 is 1.33 bits per heavy atom. The van der Waals surface area contributed by atoms with Crippen LogP contribution in [0.3, 0.4) is 0 Å². The molecule has 5 nitrogen and oxygen atoms in total. The normalized spacial score (nSPS) is 17.3. The van der Waals surface area contributed by atoms with Gasteiger partial charge in [0.15, 0.2) is 12.3 Å². The molecule has 30 heavy (non-hydrogen) atoms. The van der Waals surface area contributed by atoms with Crippen molar-refractivity contribution in [3.05, 3.63) is 69.0 Å². The molecule has 2 aliphatic heterocycles. The third-order valence-electron chi connectivity index (χ3n) is 5.21. The number of aliphatic hydroxyl groups is 1. The van der Waals surface area contributed by atoms with Crippen LogP contribution in [0.5, 0.6) is 0 Å². The monoisotopic (exact) mass is 701 g/mol. The molecule has 0 saturated carbocycles. The van der Waals surface area contributed by atoms with Crippen LogP contribution in [0.15, 0.2) is 29.8 Å². The van der Waals surface area contributed by atoms with Gasteiger partial charge in [-0.3, -0.25) is 4.68 Å². The van der Waals surface area contributed by atoms with Crippen molar-refractivity contribution in [3.63, 3.8) is 0 Å². The van der Waals surface area contributed by atoms with Gasteiger partial charge in [-0.05, 0) is 24.6 Å². The number of alkyl halides is 2. The summed E-state index contributed by atoms with van der Waals surface area (Å²) < 4.78 is 32.5. The Balaban J connectivity index is 0.00000256. The van der Waals surface area contributed by atoms with E-state index in [9.17, 15) is 18.7 Å². The van der Waals surface area contributed by atoms with Crippen molar-refractivity contribution in [1.82, 2.24) is 9.78 Å². The Bertz CT molecular complexity index is 1100. The van der Waals surface area contributed by atoms with Crippen LogP contribution in [0.1, 0.15) is 40.7 Å². The Kier molecular flexibility index (Phi) is 5.41. The first-order valence-corrected chi connectivity index (χ1v) is 9.69. The van der Waals surface area contributed by atoms with Crippen LogP contribution in [0.25, 0.3) is 0 Å². The first-order chi connectivity index (χ1) is 13.7. The molecule has 1 aromatic carbocycles. The van der Waals surface area contributed by atoms with Crippen LogP contribution in [-0.4, -0.2) is 31.1 Å². The van der Waals surface area contributed by atoms with Crippen molar-refractivity contribution < 1.29 is 23.3 Å². The Hall–Kier alpha value is -3.22. The van der Waals surface area contributed by atoms with Crippen molar-refractivity contribution >= 4 is 34.8 Å². The van der Waals surface area contributed by atoms with E-state index in [1.54, 1.807) is 13.0 Å². The Morgan fingerprint density at radius 3 is 2.73 bits per heavy atom. The Labute approximate surface area is 175 Å². The van der Waals surface area contributed by atoms with Gasteiger partial charge in [0.1, 0.15) is 5.69 Å². The van der Waals surface area contributed by atoms with E-state index >= 15 is 0 Å². The van der Waals surface area contributed by atoms with Crippen LogP contribution < -0.4 is 0 Å². The zero-order valence-electron chi connectivity index (χ0n) is 15.7. The standard InChI is InChI=1S/C20H17Cl2F2N3O2.Lr/c1-11-6-17-14(9-26(11)19(29)13-2-3-15(21)16(22)7-13)18-20(23,24)5-4-12(10-28)8-27(18)25-17;/h2-4,7,10,28H,5-6,8-9H2,1H3;. The molecule has 1 amide bonds. The largest absolute Gasteiger partial charge is 0.457 e. The van der Waals surface area contributed by atoms with Crippen molar-refractivity contribution in [2.75, 3.05) is 0 Å². The molecule has 0 atom stereocenters. The number of benzene rings is 1. The quantitative estimate of drug-likeness (QED) is 0.371. The second-order valence-electron chi connectivity index (χ2n) is 7.18. The van der Waals surface area contributed by atoms with Gasteiger partial charge in [-0.15, -0.1) is 6.61 Å². The topological polar surface area (TPSA) is 58.1 Å². The first-order valence-electron chi connectivity index (χ1n) is 8.94. The minimum atomic E-state index is -3.16. The number of nitrogens with zero attached hydrogens (tertiary/aromatic N) is 3. The molecular weight excluding hydrogens is 685 g/mol. The number of allylic oxidation sites excluding steroid dienone is 1. The van der Waals surface area contributed by atoms with E-state index < -0.39 is 12.3 Å². The second-order valence-corrected chi connectivity index (χ2v) is 7.99. The fourth-order valence-electron chi connectivity index (χ4n) is 3.73. The maximum atomic E-state index is 14.9. The summed E-state index contributed by atoms with van der Waals surface area (Å²) in [5.41, 5.74) is 2.06. The van der Waals surface area contributed by atoms with Crippen LogP contribution in [0.4, 0.5) is 8.78 Å². The molecule has 3 heterocycles. The molecule has 0 fully saturated rings. The average Bonchev–Trinajstić information content (AvgIpc) is 2.97. The molecule has 0 spiro atoms. The minimum absolute atomic E-state index is 0. The van der Waals surface area contributed by atoms with Gasteiger partial charge in [-0.25, -0.2) is 19.7 Å². The Morgan fingerprint density at radius 2 is 2.07 bits per heavy atom. The van der Waals surface area contributed by atoms with E-state index in [-0.39, 0.29) is 36.1 Å². The van der Waals surface area contributed by atoms with Gasteiger partial charge in [0.2, 0.25) is 0 Å². The van der Waals surface area contributed by atoms with E-state index in [1.165, 1.54) is 27.5 Å². The summed E-state index contributed by atoms with van der Waals surface area (Å²) in [4.78, 5) is 13.0. The fourth-order valence-corrected chi connectivity index (χ4v) is 4.03. The maximum absolute atomic E-state index is 14.9. The summed E-state index contributed by atoms with van der Waals surface area (Å²) in [6.45, 7) is 2.63. The summed E-state index contributed by atoms with van der Waals surface area (Å²) in [5.74, 6) is -3.50. The molecule has 0 bridgehead atoms. The van der Waals surface area contributed by atoms with E-state index in [1.807, 2.05) is 0 Å². The van der Waals surface area contributed by atoms with Crippen molar-refractivity contribution in [2.45, 2.75) is 38.8 Å². The van der Waals surface area contributed by atoms with Gasteiger partial charge in [-0.1, -0.05) is 23.2 Å². The van der Waals surface area contributed by atoms with Gasteiger partial charge in [0, 0.05) is 13.5 Å². The molecule has 0 aliphatic carbocycles. The van der Waals surface area contributed by atoms with E-state index in [0.29, 0.717) is 33.1 Å². The molecule has 2 aliphatic rings. The third kappa shape index (κ3) is 3.44. The molecule has 4 rings (SSSR count). The molecule has 1 radical (unpaired) electrons. The molecule has 1 N–H and O–H groups in total. The smallest absolute Gasteiger partial charge is 0.419 e. The molecule has 1 aromatic heterocycles. The number of carbonyl (C=O) groups excluding carboxylic acids is 1. The number of hydrogen-bond acceptors (Lipinski definition) is 3. The van der Waals surface area contributed by atoms with E-state index in [4.69, 9.17) is 23.2 Å². The number of aliphatic hydroxyl groups excluding tert-OH is 1. The number of amides is 1. The van der Waals surface area contributed by atoms with Gasteiger partial charge in [0.25, 0.3) is 5.92 Å². The molecule has 2 aromatic rings. The fraction of sp³-hybridized carbons (Fsp3) is 0.300. The van der Waals surface area contributed by atoms with Crippen LogP contribution >= 0.6 is 23.2 Å². The SMILES string of the molecule is CC1=[N+](C(=O)c2ccc(Cl)c(Cl)c2)Cc2c(nn3c2C(F)(F)CC=C([CH-]O)C3)C1.[Lr]. The zero-order valence-corrected chi connectivity index (χ0v) is 19.3. The summed E-state index contributed by atoms with van der Waals surface area (Å²) in [7, 11) is 0.